The molecule has 0 saturated carbocycles. The zero-order valence-electron chi connectivity index (χ0n) is 39.6. The average molecular weight is 917 g/mol. The lowest BCUT2D eigenvalue weighted by Crippen LogP contribution is -2.62. The van der Waals surface area contributed by atoms with Crippen LogP contribution in [0.15, 0.2) is 48.6 Å². The van der Waals surface area contributed by atoms with Crippen LogP contribution in [0.3, 0.4) is 0 Å². The van der Waals surface area contributed by atoms with Crippen LogP contribution in [0, 0.1) is 23.7 Å². The average Bonchev–Trinajstić information content (AvgIpc) is 3.98. The van der Waals surface area contributed by atoms with Gasteiger partial charge in [0.15, 0.2) is 12.4 Å². The Kier molecular flexibility index (Phi) is 11.7. The molecule has 1 aromatic carbocycles. The molecule has 2 spiro atoms. The molecule has 0 aliphatic carbocycles. The Hall–Kier alpha value is -2.27. The molecule has 0 aromatic heterocycles. The molecule has 1 aromatic rings. The molecule has 23 unspecified atom stereocenters. The van der Waals surface area contributed by atoms with Crippen LogP contribution in [-0.2, 0) is 56.9 Å². The highest BCUT2D eigenvalue weighted by Crippen LogP contribution is 2.64. The maximum Gasteiger partial charge on any atom is 0.233 e. The van der Waals surface area contributed by atoms with Gasteiger partial charge in [-0.1, -0.05) is 59.4 Å². The van der Waals surface area contributed by atoms with E-state index in [2.05, 4.69) is 40.9 Å². The lowest BCUT2D eigenvalue weighted by atomic mass is 9.72. The minimum atomic E-state index is -1.25. The third-order valence-corrected chi connectivity index (χ3v) is 18.0. The molecule has 0 amide bonds. The van der Waals surface area contributed by atoms with Gasteiger partial charge in [0.05, 0.1) is 68.1 Å². The summed E-state index contributed by atoms with van der Waals surface area (Å²) >= 11 is 0. The van der Waals surface area contributed by atoms with Gasteiger partial charge in [-0.3, -0.25) is 4.79 Å². The van der Waals surface area contributed by atoms with Crippen molar-refractivity contribution in [2.75, 3.05) is 7.11 Å². The Balaban J connectivity index is 0.853. The normalized spacial score (nSPS) is 52.0. The van der Waals surface area contributed by atoms with E-state index in [-0.39, 0.29) is 78.7 Å². The molecule has 12 bridgehead atoms. The monoisotopic (exact) mass is 916 g/mol. The SMILES string of the molecule is C=C1CC2CCC34OC5C6OC(CCC6OC6C5OC5(OC(c7ccc(OC)cc7)OC35)C6O4)CC(=O)CC3C(CC4OC(CCC1O2)CC(C)C4=C)OC1CC(C)C(CCC)OC1C3C. The van der Waals surface area contributed by atoms with E-state index < -0.39 is 54.5 Å². The lowest BCUT2D eigenvalue weighted by Gasteiger charge is -2.52. The Morgan fingerprint density at radius 1 is 0.682 bits per heavy atom. The highest BCUT2D eigenvalue weighted by atomic mass is 16.9. The molecule has 23 atom stereocenters. The van der Waals surface area contributed by atoms with Gasteiger partial charge in [-0.15, -0.1) is 0 Å². The van der Waals surface area contributed by atoms with Crippen molar-refractivity contribution in [3.8, 4) is 5.75 Å². The minimum Gasteiger partial charge on any atom is -0.497 e. The van der Waals surface area contributed by atoms with Crippen LogP contribution in [0.25, 0.3) is 0 Å². The van der Waals surface area contributed by atoms with Gasteiger partial charge in [-0.25, -0.2) is 0 Å². The molecule has 0 N–H and O–H groups in total. The molecule has 12 heterocycles. The largest absolute Gasteiger partial charge is 0.497 e. The van der Waals surface area contributed by atoms with Crippen LogP contribution in [0.4, 0.5) is 0 Å². The van der Waals surface area contributed by atoms with E-state index in [4.69, 9.17) is 56.8 Å². The zero-order chi connectivity index (χ0) is 45.2. The molecular weight excluding hydrogens is 845 g/mol. The van der Waals surface area contributed by atoms with Crippen molar-refractivity contribution in [2.45, 2.75) is 233 Å². The number of carbonyl (C=O) groups is 1. The molecule has 66 heavy (non-hydrogen) atoms. The quantitative estimate of drug-likeness (QED) is 0.271. The predicted octanol–water partition coefficient (Wildman–Crippen LogP) is 8.00. The summed E-state index contributed by atoms with van der Waals surface area (Å²) in [5.74, 6) is -0.764. The number of Topliss-reactive ketones (excluding diaryl/α,β-unsaturated/α-hetero) is 1. The van der Waals surface area contributed by atoms with Gasteiger partial charge in [0, 0.05) is 31.2 Å². The first-order valence-corrected chi connectivity index (χ1v) is 25.7. The maximum atomic E-state index is 14.6. The molecule has 13 heteroatoms. The summed E-state index contributed by atoms with van der Waals surface area (Å²) in [6.07, 6.45) is 5.51. The predicted molar refractivity (Wildman–Crippen MR) is 238 cm³/mol. The van der Waals surface area contributed by atoms with Crippen LogP contribution in [0.2, 0.25) is 0 Å². The standard InChI is InChI=1S/C53H72O13/c1-8-9-38-28(4)22-43-44(60-38)30(6)37-24-32(54)23-35-15-17-40-45(58-35)46-47-48(61-40)49-53(64-47)51(62-50(66-53)31-10-12-33(55-7)13-11-31)52(63-46,65-49)19-18-36-21-27(3)39(56-36)16-14-34-20-26(2)29(5)41(57-34)25-42(37)59-43/h10-13,26,28,30,34-51H,3,5,8-9,14-25H2,1-2,4,6-7H3. The molecule has 12 aliphatic rings. The summed E-state index contributed by atoms with van der Waals surface area (Å²) in [4.78, 5) is 14.6. The summed E-state index contributed by atoms with van der Waals surface area (Å²) < 4.78 is 82.8. The summed E-state index contributed by atoms with van der Waals surface area (Å²) in [5, 5.41) is 0. The number of rotatable bonds is 4. The fourth-order valence-electron chi connectivity index (χ4n) is 14.4. The third kappa shape index (κ3) is 7.46. The second kappa shape index (κ2) is 17.2. The number of ether oxygens (including phenoxy) is 12. The number of fused-ring (bicyclic) bond motifs is 7. The van der Waals surface area contributed by atoms with E-state index in [1.54, 1.807) is 7.11 Å². The summed E-state index contributed by atoms with van der Waals surface area (Å²) in [6, 6.07) is 7.73. The molecular formula is C53H72O13. The molecule has 13 rings (SSSR count). The van der Waals surface area contributed by atoms with E-state index in [1.807, 2.05) is 24.3 Å². The zero-order valence-corrected chi connectivity index (χ0v) is 39.6. The second-order valence-corrected chi connectivity index (χ2v) is 22.2. The van der Waals surface area contributed by atoms with Gasteiger partial charge in [0.25, 0.3) is 0 Å². The number of hydrogen-bond acceptors (Lipinski definition) is 13. The summed E-state index contributed by atoms with van der Waals surface area (Å²) in [5.41, 5.74) is 3.08. The first-order chi connectivity index (χ1) is 31.9. The van der Waals surface area contributed by atoms with Crippen molar-refractivity contribution >= 4 is 5.78 Å². The summed E-state index contributed by atoms with van der Waals surface area (Å²) in [6.45, 7) is 18.2. The fourth-order valence-corrected chi connectivity index (χ4v) is 14.4. The highest BCUT2D eigenvalue weighted by molar-refractivity contribution is 5.79. The molecule has 13 nitrogen and oxygen atoms in total. The molecule has 12 aliphatic heterocycles. The van der Waals surface area contributed by atoms with Gasteiger partial charge in [-0.05, 0) is 105 Å². The Labute approximate surface area is 390 Å². The van der Waals surface area contributed by atoms with Crippen LogP contribution in [0.1, 0.15) is 129 Å². The van der Waals surface area contributed by atoms with Crippen LogP contribution in [-0.4, -0.2) is 122 Å². The van der Waals surface area contributed by atoms with Crippen molar-refractivity contribution in [3.05, 3.63) is 54.1 Å². The number of ketones is 1. The van der Waals surface area contributed by atoms with E-state index in [0.717, 1.165) is 73.8 Å². The van der Waals surface area contributed by atoms with Gasteiger partial charge in [0.2, 0.25) is 11.6 Å². The van der Waals surface area contributed by atoms with Crippen LogP contribution >= 0.6 is 0 Å². The first-order valence-electron chi connectivity index (χ1n) is 25.7. The number of carbonyl (C=O) groups excluding carboxylic acids is 1. The van der Waals surface area contributed by atoms with Crippen LogP contribution < -0.4 is 4.74 Å². The van der Waals surface area contributed by atoms with E-state index in [0.29, 0.717) is 50.4 Å². The smallest absolute Gasteiger partial charge is 0.233 e. The maximum absolute atomic E-state index is 14.6. The minimum absolute atomic E-state index is 0.0196. The highest BCUT2D eigenvalue weighted by Gasteiger charge is 2.83. The second-order valence-electron chi connectivity index (χ2n) is 22.2. The molecule has 12 fully saturated rings. The Bertz CT molecular complexity index is 2010. The van der Waals surface area contributed by atoms with Crippen LogP contribution in [0.5, 0.6) is 5.75 Å². The van der Waals surface area contributed by atoms with Gasteiger partial charge < -0.3 is 56.8 Å². The van der Waals surface area contributed by atoms with E-state index in [1.165, 1.54) is 0 Å². The number of methoxy groups -OCH3 is 1. The number of benzene rings is 1. The third-order valence-electron chi connectivity index (χ3n) is 18.0. The summed E-state index contributed by atoms with van der Waals surface area (Å²) in [7, 11) is 1.65. The van der Waals surface area contributed by atoms with Gasteiger partial charge in [0.1, 0.15) is 42.1 Å². The first kappa shape index (κ1) is 44.9. The van der Waals surface area contributed by atoms with Crippen molar-refractivity contribution in [3.63, 3.8) is 0 Å². The Morgan fingerprint density at radius 3 is 2.29 bits per heavy atom. The fraction of sp³-hybridized carbons (Fsp3) is 0.792. The topological polar surface area (TPSA) is 128 Å². The van der Waals surface area contributed by atoms with Gasteiger partial charge in [-0.2, -0.15) is 0 Å². The Morgan fingerprint density at radius 2 is 1.47 bits per heavy atom. The van der Waals surface area contributed by atoms with Gasteiger partial charge >= 0.3 is 0 Å². The van der Waals surface area contributed by atoms with E-state index in [9.17, 15) is 4.79 Å². The van der Waals surface area contributed by atoms with Crippen molar-refractivity contribution < 1.29 is 61.6 Å². The number of hydrogen-bond donors (Lipinski definition) is 0. The molecule has 12 saturated heterocycles. The lowest BCUT2D eigenvalue weighted by molar-refractivity contribution is -0.329. The van der Waals surface area contributed by atoms with Crippen molar-refractivity contribution in [1.82, 2.24) is 0 Å². The van der Waals surface area contributed by atoms with Crippen molar-refractivity contribution in [1.29, 1.82) is 0 Å². The molecule has 0 radical (unpaired) electrons. The molecule has 362 valence electrons. The van der Waals surface area contributed by atoms with Crippen molar-refractivity contribution in [2.24, 2.45) is 23.7 Å². The van der Waals surface area contributed by atoms with E-state index >= 15 is 0 Å².